The van der Waals surface area contributed by atoms with Crippen LogP contribution in [0.1, 0.15) is 39.5 Å². The highest BCUT2D eigenvalue weighted by Crippen LogP contribution is 2.18. The monoisotopic (exact) mass is 253 g/mol. The smallest absolute Gasteiger partial charge is 0.248 e. The van der Waals surface area contributed by atoms with E-state index in [1.54, 1.807) is 0 Å². The van der Waals surface area contributed by atoms with Gasteiger partial charge in [-0.3, -0.25) is 4.79 Å². The summed E-state index contributed by atoms with van der Waals surface area (Å²) in [6, 6.07) is 14.2. The second-order valence-corrected chi connectivity index (χ2v) is 4.87. The Bertz CT molecular complexity index is 602. The van der Waals surface area contributed by atoms with Crippen LogP contribution in [0.25, 0.3) is 0 Å². The number of carbonyl (C=O) groups is 1. The number of amides is 1. The van der Waals surface area contributed by atoms with Crippen LogP contribution in [-0.4, -0.2) is 5.91 Å². The minimum absolute atomic E-state index is 0.364. The maximum Gasteiger partial charge on any atom is 0.248 e. The van der Waals surface area contributed by atoms with E-state index in [-0.39, 0.29) is 5.91 Å². The summed E-state index contributed by atoms with van der Waals surface area (Å²) >= 11 is 0. The molecule has 0 radical (unpaired) electrons. The van der Waals surface area contributed by atoms with E-state index in [1.807, 2.05) is 18.2 Å². The van der Waals surface area contributed by atoms with Gasteiger partial charge in [0.25, 0.3) is 0 Å². The largest absolute Gasteiger partial charge is 0.366 e. The molecule has 0 fully saturated rings. The number of hydrogen-bond acceptors (Lipinski definition) is 1. The molecule has 0 atom stereocenters. The summed E-state index contributed by atoms with van der Waals surface area (Å²) in [6.07, 6.45) is 1.80. The molecular formula is C17H19NO. The summed E-state index contributed by atoms with van der Waals surface area (Å²) in [5, 5.41) is 0. The molecule has 2 aromatic carbocycles. The summed E-state index contributed by atoms with van der Waals surface area (Å²) in [5.41, 5.74) is 10.9. The number of aryl methyl sites for hydroxylation is 2. The minimum atomic E-state index is -0.364. The second kappa shape index (κ2) is 5.70. The van der Waals surface area contributed by atoms with Crippen LogP contribution in [0.4, 0.5) is 0 Å². The summed E-state index contributed by atoms with van der Waals surface area (Å²) < 4.78 is 0. The van der Waals surface area contributed by atoms with Crippen molar-refractivity contribution in [2.45, 2.75) is 26.7 Å². The lowest BCUT2D eigenvalue weighted by atomic mass is 9.95. The van der Waals surface area contributed by atoms with Gasteiger partial charge in [0.1, 0.15) is 0 Å². The highest BCUT2D eigenvalue weighted by molar-refractivity contribution is 5.93. The molecule has 2 N–H and O–H groups in total. The van der Waals surface area contributed by atoms with Crippen LogP contribution in [0, 0.1) is 6.92 Å². The van der Waals surface area contributed by atoms with Crippen molar-refractivity contribution in [2.24, 2.45) is 5.73 Å². The highest BCUT2D eigenvalue weighted by atomic mass is 16.1. The summed E-state index contributed by atoms with van der Waals surface area (Å²) in [6.45, 7) is 4.19. The zero-order chi connectivity index (χ0) is 13.8. The fraction of sp³-hybridized carbons (Fsp3) is 0.235. The Kier molecular flexibility index (Phi) is 4.00. The van der Waals surface area contributed by atoms with Crippen LogP contribution in [0.2, 0.25) is 0 Å². The van der Waals surface area contributed by atoms with Gasteiger partial charge in [-0.2, -0.15) is 0 Å². The Morgan fingerprint density at radius 3 is 2.53 bits per heavy atom. The van der Waals surface area contributed by atoms with Crippen LogP contribution >= 0.6 is 0 Å². The first kappa shape index (κ1) is 13.3. The number of hydrogen-bond donors (Lipinski definition) is 1. The molecule has 0 aliphatic carbocycles. The number of benzene rings is 2. The van der Waals surface area contributed by atoms with E-state index < -0.39 is 0 Å². The van der Waals surface area contributed by atoms with Gasteiger partial charge in [0, 0.05) is 5.56 Å². The first-order valence-electron chi connectivity index (χ1n) is 6.57. The molecule has 0 aromatic heterocycles. The molecule has 98 valence electrons. The maximum absolute atomic E-state index is 11.2. The molecule has 19 heavy (non-hydrogen) atoms. The summed E-state index contributed by atoms with van der Waals surface area (Å²) in [4.78, 5) is 11.2. The number of rotatable bonds is 4. The molecule has 2 aromatic rings. The lowest BCUT2D eigenvalue weighted by Gasteiger charge is -2.10. The molecule has 0 spiro atoms. The minimum Gasteiger partial charge on any atom is -0.366 e. The van der Waals surface area contributed by atoms with Gasteiger partial charge in [0.15, 0.2) is 0 Å². The molecule has 0 heterocycles. The van der Waals surface area contributed by atoms with Crippen LogP contribution in [0.5, 0.6) is 0 Å². The molecule has 0 unspecified atom stereocenters. The van der Waals surface area contributed by atoms with E-state index in [4.69, 9.17) is 5.73 Å². The lowest BCUT2D eigenvalue weighted by Crippen LogP contribution is -2.11. The second-order valence-electron chi connectivity index (χ2n) is 4.87. The van der Waals surface area contributed by atoms with Gasteiger partial charge in [-0.25, -0.2) is 0 Å². The third kappa shape index (κ3) is 3.22. The van der Waals surface area contributed by atoms with Gasteiger partial charge in [0.05, 0.1) is 0 Å². The fourth-order valence-corrected chi connectivity index (χ4v) is 2.32. The standard InChI is InChI=1S/C17H19NO/c1-3-14-11-16(17(18)19)8-7-15(14)10-13-6-4-5-12(2)9-13/h4-9,11H,3,10H2,1-2H3,(H2,18,19). The average molecular weight is 253 g/mol. The predicted octanol–water partition coefficient (Wildman–Crippen LogP) is 3.25. The number of nitrogens with two attached hydrogens (primary N) is 1. The van der Waals surface area contributed by atoms with Gasteiger partial charge in [0.2, 0.25) is 5.91 Å². The van der Waals surface area contributed by atoms with Crippen molar-refractivity contribution in [3.05, 3.63) is 70.3 Å². The Morgan fingerprint density at radius 2 is 1.89 bits per heavy atom. The summed E-state index contributed by atoms with van der Waals surface area (Å²) in [5.74, 6) is -0.364. The fourth-order valence-electron chi connectivity index (χ4n) is 2.32. The van der Waals surface area contributed by atoms with Crippen molar-refractivity contribution in [1.29, 1.82) is 0 Å². The van der Waals surface area contributed by atoms with Crippen molar-refractivity contribution in [3.8, 4) is 0 Å². The molecule has 0 aliphatic heterocycles. The Labute approximate surface area is 114 Å². The van der Waals surface area contributed by atoms with Crippen LogP contribution in [0.15, 0.2) is 42.5 Å². The van der Waals surface area contributed by atoms with Gasteiger partial charge in [-0.15, -0.1) is 0 Å². The first-order chi connectivity index (χ1) is 9.10. The molecule has 2 nitrogen and oxygen atoms in total. The number of primary amides is 1. The van der Waals surface area contributed by atoms with Gasteiger partial charge in [-0.05, 0) is 48.6 Å². The zero-order valence-corrected chi connectivity index (χ0v) is 11.4. The van der Waals surface area contributed by atoms with Crippen LogP contribution < -0.4 is 5.73 Å². The zero-order valence-electron chi connectivity index (χ0n) is 11.4. The third-order valence-electron chi connectivity index (χ3n) is 3.35. The lowest BCUT2D eigenvalue weighted by molar-refractivity contribution is 0.1000. The number of carbonyl (C=O) groups excluding carboxylic acids is 1. The quantitative estimate of drug-likeness (QED) is 0.893. The van der Waals surface area contributed by atoms with E-state index >= 15 is 0 Å². The Morgan fingerprint density at radius 1 is 1.11 bits per heavy atom. The van der Waals surface area contributed by atoms with Crippen molar-refractivity contribution in [2.75, 3.05) is 0 Å². The van der Waals surface area contributed by atoms with E-state index in [2.05, 4.69) is 38.1 Å². The molecule has 1 amide bonds. The molecule has 2 rings (SSSR count). The average Bonchev–Trinajstić information content (AvgIpc) is 2.39. The third-order valence-corrected chi connectivity index (χ3v) is 3.35. The maximum atomic E-state index is 11.2. The van der Waals surface area contributed by atoms with E-state index in [1.165, 1.54) is 22.3 Å². The van der Waals surface area contributed by atoms with E-state index in [9.17, 15) is 4.79 Å². The molecular weight excluding hydrogens is 234 g/mol. The molecule has 0 aliphatic rings. The van der Waals surface area contributed by atoms with Crippen molar-refractivity contribution in [1.82, 2.24) is 0 Å². The van der Waals surface area contributed by atoms with E-state index in [0.29, 0.717) is 5.56 Å². The van der Waals surface area contributed by atoms with Crippen molar-refractivity contribution < 1.29 is 4.79 Å². The SMILES string of the molecule is CCc1cc(C(N)=O)ccc1Cc1cccc(C)c1. The first-order valence-corrected chi connectivity index (χ1v) is 6.57. The van der Waals surface area contributed by atoms with E-state index in [0.717, 1.165) is 12.8 Å². The predicted molar refractivity (Wildman–Crippen MR) is 78.3 cm³/mol. The molecule has 0 saturated carbocycles. The topological polar surface area (TPSA) is 43.1 Å². The van der Waals surface area contributed by atoms with Crippen molar-refractivity contribution in [3.63, 3.8) is 0 Å². The van der Waals surface area contributed by atoms with Gasteiger partial charge >= 0.3 is 0 Å². The van der Waals surface area contributed by atoms with Crippen molar-refractivity contribution >= 4 is 5.91 Å². The van der Waals surface area contributed by atoms with Crippen LogP contribution in [0.3, 0.4) is 0 Å². The van der Waals surface area contributed by atoms with Gasteiger partial charge < -0.3 is 5.73 Å². The highest BCUT2D eigenvalue weighted by Gasteiger charge is 2.07. The molecule has 0 saturated heterocycles. The summed E-state index contributed by atoms with van der Waals surface area (Å²) in [7, 11) is 0. The molecule has 0 bridgehead atoms. The Hall–Kier alpha value is -2.09. The Balaban J connectivity index is 2.32. The normalized spacial score (nSPS) is 10.4. The molecule has 2 heteroatoms. The van der Waals surface area contributed by atoms with Crippen LogP contribution in [-0.2, 0) is 12.8 Å². The van der Waals surface area contributed by atoms with Gasteiger partial charge in [-0.1, -0.05) is 42.8 Å².